The fraction of sp³-hybridized carbons (Fsp3) is 0.917. The maximum Gasteiger partial charge on any atom is 0.251 e. The predicted molar refractivity (Wildman–Crippen MR) is 67.2 cm³/mol. The van der Waals surface area contributed by atoms with E-state index in [1.807, 2.05) is 34.6 Å². The number of nitrogens with zero attached hydrogens (tertiary/aromatic N) is 1. The van der Waals surface area contributed by atoms with Gasteiger partial charge in [0.2, 0.25) is 0 Å². The van der Waals surface area contributed by atoms with E-state index in [4.69, 9.17) is 10.6 Å². The van der Waals surface area contributed by atoms with E-state index in [1.54, 1.807) is 0 Å². The molecular formula is C12H25N3O2. The summed E-state index contributed by atoms with van der Waals surface area (Å²) in [6, 6.07) is -0.189. The predicted octanol–water partition coefficient (Wildman–Crippen LogP) is 0.500. The van der Waals surface area contributed by atoms with Gasteiger partial charge in [-0.1, -0.05) is 13.8 Å². The summed E-state index contributed by atoms with van der Waals surface area (Å²) >= 11 is 0. The fourth-order valence-corrected chi connectivity index (χ4v) is 2.69. The lowest BCUT2D eigenvalue weighted by Gasteiger charge is -2.45. The van der Waals surface area contributed by atoms with Gasteiger partial charge in [-0.3, -0.25) is 15.1 Å². The van der Waals surface area contributed by atoms with Crippen molar-refractivity contribution < 1.29 is 9.53 Å². The largest absolute Gasteiger partial charge is 0.370 e. The number of ether oxygens (including phenoxy) is 1. The van der Waals surface area contributed by atoms with E-state index in [9.17, 15) is 4.79 Å². The van der Waals surface area contributed by atoms with Gasteiger partial charge in [-0.25, -0.2) is 5.84 Å². The summed E-state index contributed by atoms with van der Waals surface area (Å²) in [6.45, 7) is 11.7. The Labute approximate surface area is 104 Å². The number of hydrogen-bond acceptors (Lipinski definition) is 4. The van der Waals surface area contributed by atoms with E-state index >= 15 is 0 Å². The van der Waals surface area contributed by atoms with Crippen LogP contribution in [0.25, 0.3) is 0 Å². The van der Waals surface area contributed by atoms with Crippen molar-refractivity contribution >= 4 is 5.91 Å². The second-order valence-electron chi connectivity index (χ2n) is 5.82. The molecule has 0 aromatic carbocycles. The average Bonchev–Trinajstić information content (AvgIpc) is 2.13. The van der Waals surface area contributed by atoms with E-state index in [1.165, 1.54) is 0 Å². The average molecular weight is 243 g/mol. The number of amides is 1. The van der Waals surface area contributed by atoms with Crippen LogP contribution in [0.4, 0.5) is 0 Å². The summed E-state index contributed by atoms with van der Waals surface area (Å²) in [5.41, 5.74) is 2.04. The van der Waals surface area contributed by atoms with Crippen LogP contribution in [0, 0.1) is 5.92 Å². The highest BCUT2D eigenvalue weighted by molar-refractivity contribution is 5.81. The van der Waals surface area contributed by atoms with Crippen LogP contribution in [-0.4, -0.2) is 41.6 Å². The Hall–Kier alpha value is -0.650. The zero-order valence-electron chi connectivity index (χ0n) is 11.5. The molecule has 1 heterocycles. The van der Waals surface area contributed by atoms with E-state index in [0.717, 1.165) is 13.1 Å². The monoisotopic (exact) mass is 243 g/mol. The molecule has 1 amide bonds. The number of carbonyl (C=O) groups excluding carboxylic acids is 1. The van der Waals surface area contributed by atoms with Crippen LogP contribution in [-0.2, 0) is 9.53 Å². The Morgan fingerprint density at radius 1 is 1.53 bits per heavy atom. The number of carbonyl (C=O) groups is 1. The van der Waals surface area contributed by atoms with Crippen molar-refractivity contribution in [3.8, 4) is 0 Å². The van der Waals surface area contributed by atoms with Crippen LogP contribution >= 0.6 is 0 Å². The summed E-state index contributed by atoms with van der Waals surface area (Å²) in [4.78, 5) is 14.0. The molecule has 0 saturated carbocycles. The molecule has 2 unspecified atom stereocenters. The van der Waals surface area contributed by atoms with Gasteiger partial charge in [0.1, 0.15) is 0 Å². The topological polar surface area (TPSA) is 67.6 Å². The molecule has 2 atom stereocenters. The normalized spacial score (nSPS) is 26.9. The zero-order valence-corrected chi connectivity index (χ0v) is 11.5. The van der Waals surface area contributed by atoms with E-state index < -0.39 is 0 Å². The van der Waals surface area contributed by atoms with E-state index in [0.29, 0.717) is 0 Å². The number of nitrogens with two attached hydrogens (primary N) is 1. The van der Waals surface area contributed by atoms with Crippen LogP contribution in [0.2, 0.25) is 0 Å². The van der Waals surface area contributed by atoms with Crippen molar-refractivity contribution in [1.29, 1.82) is 0 Å². The summed E-state index contributed by atoms with van der Waals surface area (Å²) in [6.07, 6.45) is 0.130. The maximum atomic E-state index is 11.9. The molecule has 17 heavy (non-hydrogen) atoms. The third kappa shape index (κ3) is 3.66. The number of morpholine rings is 1. The number of hydrogen-bond donors (Lipinski definition) is 2. The molecule has 0 aliphatic carbocycles. The van der Waals surface area contributed by atoms with Gasteiger partial charge in [0.15, 0.2) is 0 Å². The van der Waals surface area contributed by atoms with Crippen molar-refractivity contribution in [2.45, 2.75) is 52.4 Å². The molecule has 0 spiro atoms. The number of rotatable bonds is 3. The van der Waals surface area contributed by atoms with Crippen molar-refractivity contribution in [1.82, 2.24) is 10.3 Å². The molecule has 0 radical (unpaired) electrons. The standard InChI is InChI=1S/C12H25N3O2/c1-8(2)10(11(16)14-13)15-6-9(3)17-12(4,5)7-15/h8-10H,6-7,13H2,1-5H3,(H,14,16). The van der Waals surface area contributed by atoms with Gasteiger partial charge in [0.25, 0.3) is 5.91 Å². The molecule has 1 aliphatic rings. The molecule has 3 N–H and O–H groups in total. The first-order chi connectivity index (χ1) is 7.76. The van der Waals surface area contributed by atoms with E-state index in [-0.39, 0.29) is 29.6 Å². The van der Waals surface area contributed by atoms with E-state index in [2.05, 4.69) is 10.3 Å². The quantitative estimate of drug-likeness (QED) is 0.430. The highest BCUT2D eigenvalue weighted by Gasteiger charge is 2.38. The van der Waals surface area contributed by atoms with Crippen molar-refractivity contribution in [3.63, 3.8) is 0 Å². The third-order valence-electron chi connectivity index (χ3n) is 3.03. The van der Waals surface area contributed by atoms with Crippen LogP contribution in [0.5, 0.6) is 0 Å². The molecule has 0 aromatic heterocycles. The highest BCUT2D eigenvalue weighted by atomic mass is 16.5. The Morgan fingerprint density at radius 3 is 2.53 bits per heavy atom. The molecular weight excluding hydrogens is 218 g/mol. The molecule has 0 bridgehead atoms. The van der Waals surface area contributed by atoms with Crippen molar-refractivity contribution in [3.05, 3.63) is 0 Å². The minimum Gasteiger partial charge on any atom is -0.370 e. The second-order valence-corrected chi connectivity index (χ2v) is 5.82. The molecule has 5 nitrogen and oxygen atoms in total. The molecule has 1 fully saturated rings. The zero-order chi connectivity index (χ0) is 13.2. The minimum absolute atomic E-state index is 0.120. The molecule has 0 aromatic rings. The van der Waals surface area contributed by atoms with Crippen LogP contribution in [0.1, 0.15) is 34.6 Å². The fourth-order valence-electron chi connectivity index (χ4n) is 2.69. The highest BCUT2D eigenvalue weighted by Crippen LogP contribution is 2.24. The summed E-state index contributed by atoms with van der Waals surface area (Å²) in [5, 5.41) is 0. The van der Waals surface area contributed by atoms with Crippen LogP contribution in [0.3, 0.4) is 0 Å². The molecule has 1 saturated heterocycles. The number of nitrogens with one attached hydrogen (secondary N) is 1. The Bertz CT molecular complexity index is 279. The van der Waals surface area contributed by atoms with Crippen LogP contribution < -0.4 is 11.3 Å². The molecule has 100 valence electrons. The molecule has 1 aliphatic heterocycles. The molecule has 5 heteroatoms. The second kappa shape index (κ2) is 5.33. The first-order valence-electron chi connectivity index (χ1n) is 6.19. The Balaban J connectivity index is 2.84. The summed E-state index contributed by atoms with van der Waals surface area (Å²) < 4.78 is 5.84. The van der Waals surface area contributed by atoms with Gasteiger partial charge >= 0.3 is 0 Å². The Kier molecular flexibility index (Phi) is 4.52. The van der Waals surface area contributed by atoms with Crippen LogP contribution in [0.15, 0.2) is 0 Å². The SMILES string of the molecule is CC1CN(C(C(=O)NN)C(C)C)CC(C)(C)O1. The smallest absolute Gasteiger partial charge is 0.251 e. The van der Waals surface area contributed by atoms with Crippen molar-refractivity contribution in [2.24, 2.45) is 11.8 Å². The van der Waals surface area contributed by atoms with Gasteiger partial charge in [0.05, 0.1) is 17.7 Å². The minimum atomic E-state index is -0.223. The van der Waals surface area contributed by atoms with Gasteiger partial charge in [-0.05, 0) is 26.7 Å². The third-order valence-corrected chi connectivity index (χ3v) is 3.03. The maximum absolute atomic E-state index is 11.9. The summed E-state index contributed by atoms with van der Waals surface area (Å²) in [5.74, 6) is 5.36. The lowest BCUT2D eigenvalue weighted by molar-refractivity contribution is -0.152. The lowest BCUT2D eigenvalue weighted by atomic mass is 9.97. The van der Waals surface area contributed by atoms with Gasteiger partial charge in [0, 0.05) is 13.1 Å². The lowest BCUT2D eigenvalue weighted by Crippen LogP contribution is -2.60. The van der Waals surface area contributed by atoms with Crippen molar-refractivity contribution in [2.75, 3.05) is 13.1 Å². The summed E-state index contributed by atoms with van der Waals surface area (Å²) in [7, 11) is 0. The first kappa shape index (κ1) is 14.4. The number of hydrazine groups is 1. The van der Waals surface area contributed by atoms with Gasteiger partial charge in [-0.2, -0.15) is 0 Å². The van der Waals surface area contributed by atoms with Gasteiger partial charge < -0.3 is 4.74 Å². The first-order valence-corrected chi connectivity index (χ1v) is 6.19. The van der Waals surface area contributed by atoms with Gasteiger partial charge in [-0.15, -0.1) is 0 Å². The Morgan fingerprint density at radius 2 is 2.12 bits per heavy atom. The molecule has 1 rings (SSSR count).